The highest BCUT2D eigenvalue weighted by atomic mass is 16.5. The molecule has 184 valence electrons. The third kappa shape index (κ3) is 4.14. The summed E-state index contributed by atoms with van der Waals surface area (Å²) in [6.07, 6.45) is 15.5. The number of hydrogen-bond acceptors (Lipinski definition) is 5. The molecular formula is C27H32N4O4. The fourth-order valence-corrected chi connectivity index (χ4v) is 5.51. The van der Waals surface area contributed by atoms with Crippen LogP contribution in [0.3, 0.4) is 0 Å². The third-order valence-electron chi connectivity index (χ3n) is 7.78. The predicted molar refractivity (Wildman–Crippen MR) is 131 cm³/mol. The fraction of sp³-hybridized carbons (Fsp3) is 0.519. The number of aromatic nitrogens is 2. The first kappa shape index (κ1) is 22.3. The maximum absolute atomic E-state index is 13.3. The van der Waals surface area contributed by atoms with Crippen LogP contribution in [-0.2, 0) is 15.1 Å². The molecule has 5 fully saturated rings. The van der Waals surface area contributed by atoms with E-state index < -0.39 is 0 Å². The highest BCUT2D eigenvalue weighted by molar-refractivity contribution is 6.01. The summed E-state index contributed by atoms with van der Waals surface area (Å²) in [5, 5.41) is 8.75. The minimum atomic E-state index is -0.218. The molecule has 2 amide bonds. The molecule has 35 heavy (non-hydrogen) atoms. The zero-order valence-electron chi connectivity index (χ0n) is 20.3. The second kappa shape index (κ2) is 8.22. The maximum atomic E-state index is 13.3. The Bertz CT molecular complexity index is 1230. The smallest absolute Gasteiger partial charge is 0.259 e. The molecule has 2 aliphatic heterocycles. The number of carbonyl (C=O) groups is 2. The Kier molecular flexibility index (Phi) is 5.25. The average Bonchev–Trinajstić information content (AvgIpc) is 3.31. The Morgan fingerprint density at radius 3 is 2.71 bits per heavy atom. The van der Waals surface area contributed by atoms with Crippen molar-refractivity contribution < 1.29 is 19.1 Å². The van der Waals surface area contributed by atoms with Gasteiger partial charge in [0.15, 0.2) is 0 Å². The van der Waals surface area contributed by atoms with Crippen molar-refractivity contribution in [2.24, 2.45) is 0 Å². The molecule has 1 aromatic heterocycles. The Morgan fingerprint density at radius 2 is 2.09 bits per heavy atom. The number of nitrogens with one attached hydrogen (secondary N) is 1. The van der Waals surface area contributed by atoms with Gasteiger partial charge in [0.2, 0.25) is 6.41 Å². The fourth-order valence-electron chi connectivity index (χ4n) is 5.51. The van der Waals surface area contributed by atoms with E-state index in [1.807, 2.05) is 29.9 Å². The minimum absolute atomic E-state index is 0.0264. The highest BCUT2D eigenvalue weighted by Crippen LogP contribution is 2.55. The zero-order chi connectivity index (χ0) is 24.2. The second-order valence-corrected chi connectivity index (χ2v) is 10.9. The molecule has 3 aliphatic carbocycles. The van der Waals surface area contributed by atoms with Crippen molar-refractivity contribution in [2.75, 3.05) is 6.61 Å². The Labute approximate surface area is 204 Å². The summed E-state index contributed by atoms with van der Waals surface area (Å²) in [6, 6.07) is 4.10. The summed E-state index contributed by atoms with van der Waals surface area (Å²) >= 11 is 0. The molecule has 2 bridgehead atoms. The third-order valence-corrected chi connectivity index (χ3v) is 7.78. The quantitative estimate of drug-likeness (QED) is 0.437. The Balaban J connectivity index is 1.24. The summed E-state index contributed by atoms with van der Waals surface area (Å²) in [7, 11) is 0. The number of ether oxygens (including phenoxy) is 2. The van der Waals surface area contributed by atoms with E-state index in [9.17, 15) is 9.59 Å². The maximum Gasteiger partial charge on any atom is 0.259 e. The molecule has 7 rings (SSSR count). The Hall–Kier alpha value is -3.13. The van der Waals surface area contributed by atoms with Crippen molar-refractivity contribution in [3.63, 3.8) is 0 Å². The van der Waals surface area contributed by atoms with Crippen molar-refractivity contribution in [3.05, 3.63) is 47.9 Å². The SMILES string of the molecule is C/C(=C\C=C/N(C=O)C1CC1)NC(=O)c1cc2cn(C34COC(C)(C3)C4)nc2cc1OC1CCC1. The Morgan fingerprint density at radius 1 is 1.29 bits per heavy atom. The van der Waals surface area contributed by atoms with Crippen LogP contribution >= 0.6 is 0 Å². The number of rotatable bonds is 9. The first-order valence-corrected chi connectivity index (χ1v) is 12.6. The van der Waals surface area contributed by atoms with Gasteiger partial charge in [0.25, 0.3) is 5.91 Å². The van der Waals surface area contributed by atoms with Crippen LogP contribution in [-0.4, -0.2) is 51.4 Å². The number of benzene rings is 1. The number of nitrogens with zero attached hydrogens (tertiary/aromatic N) is 3. The molecule has 2 aromatic rings. The number of allylic oxidation sites excluding steroid dienone is 3. The summed E-state index contributed by atoms with van der Waals surface area (Å²) in [5.74, 6) is 0.358. The lowest BCUT2D eigenvalue weighted by Crippen LogP contribution is -2.49. The van der Waals surface area contributed by atoms with E-state index in [1.165, 1.54) is 0 Å². The van der Waals surface area contributed by atoms with Crippen LogP contribution < -0.4 is 10.1 Å². The second-order valence-electron chi connectivity index (χ2n) is 10.9. The molecule has 8 heteroatoms. The molecule has 0 unspecified atom stereocenters. The molecule has 3 saturated carbocycles. The van der Waals surface area contributed by atoms with Gasteiger partial charge < -0.3 is 19.7 Å². The minimum Gasteiger partial charge on any atom is -0.490 e. The van der Waals surface area contributed by atoms with Crippen LogP contribution in [0.5, 0.6) is 5.75 Å². The van der Waals surface area contributed by atoms with E-state index in [0.29, 0.717) is 29.7 Å². The van der Waals surface area contributed by atoms with Crippen molar-refractivity contribution >= 4 is 23.2 Å². The van der Waals surface area contributed by atoms with Crippen LogP contribution in [0, 0.1) is 0 Å². The standard InChI is InChI=1S/C27H32N4O4/c1-18(5-4-10-30(17-32)20-8-9-20)28-25(33)22-11-19-13-31(27-14-26(2,15-27)34-16-27)29-23(19)12-24(22)35-21-6-3-7-21/h4-5,10-13,17,20-21H,3,6-9,14-16H2,1-2H3,(H,28,33)/b10-4-,18-5+. The molecule has 1 N–H and O–H groups in total. The molecule has 5 aliphatic rings. The summed E-state index contributed by atoms with van der Waals surface area (Å²) < 4.78 is 14.2. The molecule has 2 saturated heterocycles. The van der Waals surface area contributed by atoms with E-state index in [2.05, 4.69) is 12.2 Å². The van der Waals surface area contributed by atoms with Crippen molar-refractivity contribution in [3.8, 4) is 5.75 Å². The highest BCUT2D eigenvalue weighted by Gasteiger charge is 2.61. The molecule has 0 atom stereocenters. The van der Waals surface area contributed by atoms with Crippen molar-refractivity contribution in [2.45, 2.75) is 82.1 Å². The van der Waals surface area contributed by atoms with Gasteiger partial charge >= 0.3 is 0 Å². The topological polar surface area (TPSA) is 85.7 Å². The van der Waals surface area contributed by atoms with E-state index >= 15 is 0 Å². The molecular weight excluding hydrogens is 444 g/mol. The lowest BCUT2D eigenvalue weighted by atomic mass is 9.69. The van der Waals surface area contributed by atoms with E-state index in [0.717, 1.165) is 62.3 Å². The first-order valence-electron chi connectivity index (χ1n) is 12.6. The van der Waals surface area contributed by atoms with Gasteiger partial charge in [0.1, 0.15) is 5.75 Å². The van der Waals surface area contributed by atoms with E-state index in [4.69, 9.17) is 14.6 Å². The van der Waals surface area contributed by atoms with Crippen LogP contribution in [0.4, 0.5) is 0 Å². The zero-order valence-corrected chi connectivity index (χ0v) is 20.3. The van der Waals surface area contributed by atoms with Gasteiger partial charge in [-0.05, 0) is 64.2 Å². The number of carbonyl (C=O) groups excluding carboxylic acids is 2. The number of hydrogen-bond donors (Lipinski definition) is 1. The van der Waals surface area contributed by atoms with Crippen LogP contribution in [0.2, 0.25) is 0 Å². The number of amides is 2. The number of fused-ring (bicyclic) bond motifs is 2. The average molecular weight is 477 g/mol. The van der Waals surface area contributed by atoms with Gasteiger partial charge in [-0.1, -0.05) is 0 Å². The largest absolute Gasteiger partial charge is 0.490 e. The van der Waals surface area contributed by atoms with Gasteiger partial charge in [0.05, 0.1) is 34.9 Å². The lowest BCUT2D eigenvalue weighted by molar-refractivity contribution is -0.116. The van der Waals surface area contributed by atoms with Gasteiger partial charge in [-0.15, -0.1) is 0 Å². The summed E-state index contributed by atoms with van der Waals surface area (Å²) in [4.78, 5) is 26.1. The molecule has 0 radical (unpaired) electrons. The van der Waals surface area contributed by atoms with Crippen molar-refractivity contribution in [1.29, 1.82) is 0 Å². The molecule has 8 nitrogen and oxygen atoms in total. The van der Waals surface area contributed by atoms with Gasteiger partial charge in [0, 0.05) is 48.4 Å². The normalized spacial score (nSPS) is 28.1. The van der Waals surface area contributed by atoms with E-state index in [-0.39, 0.29) is 23.2 Å². The van der Waals surface area contributed by atoms with Gasteiger partial charge in [-0.3, -0.25) is 14.3 Å². The van der Waals surface area contributed by atoms with Gasteiger partial charge in [-0.25, -0.2) is 0 Å². The predicted octanol–water partition coefficient (Wildman–Crippen LogP) is 4.01. The first-order chi connectivity index (χ1) is 16.9. The van der Waals surface area contributed by atoms with Crippen LogP contribution in [0.15, 0.2) is 42.4 Å². The molecule has 3 heterocycles. The summed E-state index contributed by atoms with van der Waals surface area (Å²) in [6.45, 7) is 4.67. The van der Waals surface area contributed by atoms with Gasteiger partial charge in [-0.2, -0.15) is 5.10 Å². The van der Waals surface area contributed by atoms with Crippen LogP contribution in [0.1, 0.15) is 69.2 Å². The molecule has 1 aromatic carbocycles. The monoisotopic (exact) mass is 476 g/mol. The summed E-state index contributed by atoms with van der Waals surface area (Å²) in [5.41, 5.74) is 1.92. The van der Waals surface area contributed by atoms with Crippen LogP contribution in [0.25, 0.3) is 10.9 Å². The lowest BCUT2D eigenvalue weighted by Gasteiger charge is -2.42. The van der Waals surface area contributed by atoms with E-state index in [1.54, 1.807) is 23.3 Å². The molecule has 0 spiro atoms. The van der Waals surface area contributed by atoms with Crippen molar-refractivity contribution in [1.82, 2.24) is 20.0 Å².